The fourth-order valence-electron chi connectivity index (χ4n) is 4.29. The molecular weight excluding hydrogens is 514 g/mol. The molecule has 6 aromatic rings. The summed E-state index contributed by atoms with van der Waals surface area (Å²) < 4.78 is 39.9. The van der Waals surface area contributed by atoms with Crippen LogP contribution in [0.1, 0.15) is 5.56 Å². The lowest BCUT2D eigenvalue weighted by molar-refractivity contribution is 0.413. The largest absolute Gasteiger partial charge is 0.495 e. The average Bonchev–Trinajstić information content (AvgIpc) is 2.96. The summed E-state index contributed by atoms with van der Waals surface area (Å²) in [6.45, 7) is 1.88. The lowest BCUT2D eigenvalue weighted by Crippen LogP contribution is -2.01. The lowest BCUT2D eigenvalue weighted by Gasteiger charge is -2.13. The first kappa shape index (κ1) is 24.9. The summed E-state index contributed by atoms with van der Waals surface area (Å²) in [6.07, 6.45) is 3.23. The first-order chi connectivity index (χ1) is 19.4. The van der Waals surface area contributed by atoms with Crippen molar-refractivity contribution < 1.29 is 18.3 Å². The van der Waals surface area contributed by atoms with Gasteiger partial charge in [0, 0.05) is 46.0 Å². The molecule has 0 spiro atoms. The van der Waals surface area contributed by atoms with Gasteiger partial charge < -0.3 is 20.5 Å². The molecule has 8 nitrogen and oxygen atoms in total. The van der Waals surface area contributed by atoms with Crippen LogP contribution in [0.15, 0.2) is 79.1 Å². The zero-order valence-electron chi connectivity index (χ0n) is 21.4. The molecule has 0 saturated carbocycles. The van der Waals surface area contributed by atoms with Crippen molar-refractivity contribution >= 4 is 39.0 Å². The third kappa shape index (κ3) is 4.66. The summed E-state index contributed by atoms with van der Waals surface area (Å²) in [5, 5.41) is 12.5. The number of nitrogens with zero attached hydrogens (tertiary/aromatic N) is 4. The molecular formula is C30H22F2N6O2. The highest BCUT2D eigenvalue weighted by Crippen LogP contribution is 2.35. The van der Waals surface area contributed by atoms with Crippen LogP contribution < -0.4 is 20.5 Å². The van der Waals surface area contributed by atoms with E-state index in [9.17, 15) is 8.78 Å². The minimum Gasteiger partial charge on any atom is -0.495 e. The van der Waals surface area contributed by atoms with Gasteiger partial charge in [0.05, 0.1) is 18.8 Å². The SMILES string of the molecule is COc1cnc2c(Oc3ccc(Nc4nnc(-c5ccc(C)c(N)c5)c5cc(F)c(F)cc45)cc3)ccnc2c1. The molecule has 0 saturated heterocycles. The van der Waals surface area contributed by atoms with E-state index in [-0.39, 0.29) is 5.82 Å². The number of hydrogen-bond donors (Lipinski definition) is 2. The standard InChI is InChI=1S/C30H22F2N6O2/c1-16-3-4-17(11-25(16)33)28-21-13-23(31)24(32)14-22(21)30(38-37-28)36-18-5-7-19(8-6-18)40-27-9-10-34-26-12-20(39-2)15-35-29(26)27/h3-15H,33H2,1-2H3,(H,36,38). The van der Waals surface area contributed by atoms with Gasteiger partial charge in [0.25, 0.3) is 0 Å². The summed E-state index contributed by atoms with van der Waals surface area (Å²) in [7, 11) is 1.57. The van der Waals surface area contributed by atoms with Gasteiger partial charge in [-0.25, -0.2) is 13.8 Å². The number of nitrogens with one attached hydrogen (secondary N) is 1. The van der Waals surface area contributed by atoms with Gasteiger partial charge in [0.1, 0.15) is 22.7 Å². The summed E-state index contributed by atoms with van der Waals surface area (Å²) in [4.78, 5) is 8.72. The minimum absolute atomic E-state index is 0.268. The molecule has 3 aromatic heterocycles. The van der Waals surface area contributed by atoms with E-state index in [0.717, 1.165) is 17.7 Å². The number of hydrogen-bond acceptors (Lipinski definition) is 8. The average molecular weight is 537 g/mol. The number of aromatic nitrogens is 4. The van der Waals surface area contributed by atoms with Gasteiger partial charge in [-0.15, -0.1) is 10.2 Å². The van der Waals surface area contributed by atoms with E-state index in [0.29, 0.717) is 61.7 Å². The Balaban J connectivity index is 1.30. The van der Waals surface area contributed by atoms with Gasteiger partial charge in [-0.1, -0.05) is 12.1 Å². The second-order valence-corrected chi connectivity index (χ2v) is 9.08. The van der Waals surface area contributed by atoms with Crippen molar-refractivity contribution in [3.05, 3.63) is 96.3 Å². The van der Waals surface area contributed by atoms with Crippen LogP contribution in [-0.2, 0) is 0 Å². The number of nitrogens with two attached hydrogens (primary N) is 1. The van der Waals surface area contributed by atoms with Crippen LogP contribution in [-0.4, -0.2) is 27.3 Å². The van der Waals surface area contributed by atoms with Gasteiger partial charge in [0.15, 0.2) is 23.2 Å². The molecule has 0 fully saturated rings. The van der Waals surface area contributed by atoms with Crippen LogP contribution >= 0.6 is 0 Å². The van der Waals surface area contributed by atoms with Crippen LogP contribution in [0, 0.1) is 18.6 Å². The molecule has 0 amide bonds. The van der Waals surface area contributed by atoms with E-state index in [4.69, 9.17) is 15.2 Å². The van der Waals surface area contributed by atoms with Gasteiger partial charge >= 0.3 is 0 Å². The predicted octanol–water partition coefficient (Wildman–Crippen LogP) is 6.95. The Labute approximate surface area is 227 Å². The second kappa shape index (κ2) is 10.1. The third-order valence-electron chi connectivity index (χ3n) is 6.47. The maximum atomic E-state index is 14.3. The zero-order chi connectivity index (χ0) is 27.8. The maximum absolute atomic E-state index is 14.3. The number of benzene rings is 3. The fraction of sp³-hybridized carbons (Fsp3) is 0.0667. The summed E-state index contributed by atoms with van der Waals surface area (Å²) >= 11 is 0. The highest BCUT2D eigenvalue weighted by molar-refractivity contribution is 6.01. The minimum atomic E-state index is -0.988. The first-order valence-electron chi connectivity index (χ1n) is 12.3. The molecule has 0 unspecified atom stereocenters. The summed E-state index contributed by atoms with van der Waals surface area (Å²) in [5.41, 5.74) is 10.5. The number of pyridine rings is 2. The molecule has 0 radical (unpaired) electrons. The van der Waals surface area contributed by atoms with Crippen molar-refractivity contribution in [2.24, 2.45) is 0 Å². The van der Waals surface area contributed by atoms with Crippen LogP contribution in [0.25, 0.3) is 33.1 Å². The van der Waals surface area contributed by atoms with Crippen LogP contribution in [0.5, 0.6) is 17.2 Å². The Kier molecular flexibility index (Phi) is 6.27. The van der Waals surface area contributed by atoms with E-state index in [1.54, 1.807) is 62.0 Å². The topological polar surface area (TPSA) is 108 Å². The molecule has 3 heterocycles. The predicted molar refractivity (Wildman–Crippen MR) is 150 cm³/mol. The van der Waals surface area contributed by atoms with E-state index >= 15 is 0 Å². The Morgan fingerprint density at radius 1 is 0.825 bits per heavy atom. The number of fused-ring (bicyclic) bond motifs is 2. The number of halogens is 2. The number of rotatable bonds is 6. The zero-order valence-corrected chi connectivity index (χ0v) is 21.4. The second-order valence-electron chi connectivity index (χ2n) is 9.08. The van der Waals surface area contributed by atoms with E-state index in [1.807, 2.05) is 19.1 Å². The number of aryl methyl sites for hydroxylation is 1. The highest BCUT2D eigenvalue weighted by Gasteiger charge is 2.16. The first-order valence-corrected chi connectivity index (χ1v) is 12.3. The molecule has 198 valence electrons. The van der Waals surface area contributed by atoms with Crippen molar-refractivity contribution in [3.8, 4) is 28.5 Å². The summed E-state index contributed by atoms with van der Waals surface area (Å²) in [5.74, 6) is -0.00283. The Morgan fingerprint density at radius 2 is 1.60 bits per heavy atom. The molecule has 10 heteroatoms. The number of anilines is 3. The molecule has 0 bridgehead atoms. The molecule has 0 aliphatic carbocycles. The Morgan fingerprint density at radius 3 is 2.35 bits per heavy atom. The number of ether oxygens (including phenoxy) is 2. The van der Waals surface area contributed by atoms with Crippen molar-refractivity contribution in [2.45, 2.75) is 6.92 Å². The smallest absolute Gasteiger partial charge is 0.161 e. The Hall–Kier alpha value is -5.38. The quantitative estimate of drug-likeness (QED) is 0.220. The van der Waals surface area contributed by atoms with Crippen molar-refractivity contribution in [3.63, 3.8) is 0 Å². The lowest BCUT2D eigenvalue weighted by atomic mass is 10.0. The van der Waals surface area contributed by atoms with Crippen molar-refractivity contribution in [2.75, 3.05) is 18.2 Å². The monoisotopic (exact) mass is 536 g/mol. The molecule has 0 atom stereocenters. The van der Waals surface area contributed by atoms with Gasteiger partial charge in [-0.2, -0.15) is 0 Å². The van der Waals surface area contributed by atoms with Gasteiger partial charge in [0.2, 0.25) is 0 Å². The molecule has 3 aromatic carbocycles. The molecule has 6 rings (SSSR count). The van der Waals surface area contributed by atoms with E-state index in [2.05, 4.69) is 25.5 Å². The normalized spacial score (nSPS) is 11.1. The molecule has 0 aliphatic rings. The fourth-order valence-corrected chi connectivity index (χ4v) is 4.29. The number of methoxy groups -OCH3 is 1. The van der Waals surface area contributed by atoms with Crippen molar-refractivity contribution in [1.29, 1.82) is 0 Å². The molecule has 40 heavy (non-hydrogen) atoms. The molecule has 3 N–H and O–H groups in total. The van der Waals surface area contributed by atoms with E-state index < -0.39 is 11.6 Å². The molecule has 0 aliphatic heterocycles. The van der Waals surface area contributed by atoms with Crippen molar-refractivity contribution in [1.82, 2.24) is 20.2 Å². The van der Waals surface area contributed by atoms with Crippen LogP contribution in [0.3, 0.4) is 0 Å². The van der Waals surface area contributed by atoms with Crippen LogP contribution in [0.2, 0.25) is 0 Å². The number of nitrogen functional groups attached to an aromatic ring is 1. The maximum Gasteiger partial charge on any atom is 0.161 e. The van der Waals surface area contributed by atoms with Crippen LogP contribution in [0.4, 0.5) is 26.0 Å². The van der Waals surface area contributed by atoms with Gasteiger partial charge in [-0.05, 0) is 55.0 Å². The highest BCUT2D eigenvalue weighted by atomic mass is 19.2. The van der Waals surface area contributed by atoms with Gasteiger partial charge in [-0.3, -0.25) is 4.98 Å². The van der Waals surface area contributed by atoms with E-state index in [1.165, 1.54) is 0 Å². The summed E-state index contributed by atoms with van der Waals surface area (Å²) in [6, 6.07) is 18.2. The third-order valence-corrected chi connectivity index (χ3v) is 6.47. The Bertz CT molecular complexity index is 1900.